The quantitative estimate of drug-likeness (QED) is 0.720. The third-order valence-electron chi connectivity index (χ3n) is 2.95. The SMILES string of the molecule is CC(C)NCc1cn[nH]c1S(=O)(=O)NC(C)c1ccco1. The van der Waals surface area contributed by atoms with E-state index in [1.165, 1.54) is 12.5 Å². The average molecular weight is 312 g/mol. The summed E-state index contributed by atoms with van der Waals surface area (Å²) in [5, 5.41) is 9.63. The van der Waals surface area contributed by atoms with E-state index < -0.39 is 16.1 Å². The van der Waals surface area contributed by atoms with Gasteiger partial charge in [-0.1, -0.05) is 13.8 Å². The molecule has 0 fully saturated rings. The van der Waals surface area contributed by atoms with E-state index in [1.807, 2.05) is 13.8 Å². The van der Waals surface area contributed by atoms with Crippen molar-refractivity contribution in [3.63, 3.8) is 0 Å². The molecule has 0 saturated heterocycles. The Labute approximate surface area is 124 Å². The first-order valence-corrected chi connectivity index (χ1v) is 8.20. The molecule has 0 aliphatic heterocycles. The molecule has 0 amide bonds. The number of sulfonamides is 1. The summed E-state index contributed by atoms with van der Waals surface area (Å²) in [6, 6.07) is 3.24. The monoisotopic (exact) mass is 312 g/mol. The van der Waals surface area contributed by atoms with Gasteiger partial charge in [0.25, 0.3) is 10.0 Å². The minimum Gasteiger partial charge on any atom is -0.468 e. The first kappa shape index (κ1) is 15.7. The van der Waals surface area contributed by atoms with Crippen LogP contribution in [0.25, 0.3) is 0 Å². The summed E-state index contributed by atoms with van der Waals surface area (Å²) in [5.74, 6) is 0.556. The number of aromatic amines is 1. The number of H-pyrrole nitrogens is 1. The molecule has 2 aromatic rings. The third kappa shape index (κ3) is 3.93. The number of rotatable bonds is 7. The van der Waals surface area contributed by atoms with Crippen LogP contribution < -0.4 is 10.0 Å². The fraction of sp³-hybridized carbons (Fsp3) is 0.462. The second kappa shape index (κ2) is 6.42. The summed E-state index contributed by atoms with van der Waals surface area (Å²) in [6.45, 7) is 6.13. The number of hydrogen-bond acceptors (Lipinski definition) is 5. The zero-order valence-corrected chi connectivity index (χ0v) is 13.1. The minimum absolute atomic E-state index is 0.0778. The maximum atomic E-state index is 12.4. The lowest BCUT2D eigenvalue weighted by Crippen LogP contribution is -2.29. The van der Waals surface area contributed by atoms with Crippen LogP contribution in [0.4, 0.5) is 0 Å². The highest BCUT2D eigenvalue weighted by atomic mass is 32.2. The molecule has 21 heavy (non-hydrogen) atoms. The van der Waals surface area contributed by atoms with E-state index in [2.05, 4.69) is 20.2 Å². The summed E-state index contributed by atoms with van der Waals surface area (Å²) in [5.41, 5.74) is 0.600. The summed E-state index contributed by atoms with van der Waals surface area (Å²) in [7, 11) is -3.69. The van der Waals surface area contributed by atoms with Crippen LogP contribution >= 0.6 is 0 Å². The van der Waals surface area contributed by atoms with Gasteiger partial charge in [0.1, 0.15) is 5.76 Å². The van der Waals surface area contributed by atoms with Crippen LogP contribution in [0.15, 0.2) is 34.0 Å². The largest absolute Gasteiger partial charge is 0.468 e. The highest BCUT2D eigenvalue weighted by molar-refractivity contribution is 7.89. The first-order valence-electron chi connectivity index (χ1n) is 6.71. The van der Waals surface area contributed by atoms with Crippen molar-refractivity contribution < 1.29 is 12.8 Å². The molecule has 2 rings (SSSR count). The lowest BCUT2D eigenvalue weighted by molar-refractivity contribution is 0.458. The van der Waals surface area contributed by atoms with Gasteiger partial charge in [0.05, 0.1) is 18.5 Å². The Bertz CT molecular complexity index is 661. The molecule has 0 radical (unpaired) electrons. The zero-order valence-electron chi connectivity index (χ0n) is 12.3. The highest BCUT2D eigenvalue weighted by Crippen LogP contribution is 2.18. The second-order valence-corrected chi connectivity index (χ2v) is 6.77. The molecule has 8 heteroatoms. The van der Waals surface area contributed by atoms with E-state index in [9.17, 15) is 8.42 Å². The Balaban J connectivity index is 2.14. The van der Waals surface area contributed by atoms with Gasteiger partial charge in [-0.05, 0) is 19.1 Å². The van der Waals surface area contributed by atoms with Gasteiger partial charge in [-0.15, -0.1) is 0 Å². The Morgan fingerprint density at radius 3 is 2.76 bits per heavy atom. The van der Waals surface area contributed by atoms with Gasteiger partial charge in [-0.2, -0.15) is 9.82 Å². The molecule has 0 aliphatic carbocycles. The van der Waals surface area contributed by atoms with Crippen molar-refractivity contribution in [2.75, 3.05) is 0 Å². The normalized spacial score (nSPS) is 13.7. The summed E-state index contributed by atoms with van der Waals surface area (Å²) >= 11 is 0. The summed E-state index contributed by atoms with van der Waals surface area (Å²) < 4.78 is 32.6. The van der Waals surface area contributed by atoms with E-state index in [0.717, 1.165) is 0 Å². The molecule has 116 valence electrons. The lowest BCUT2D eigenvalue weighted by atomic mass is 10.3. The fourth-order valence-corrected chi connectivity index (χ4v) is 3.20. The van der Waals surface area contributed by atoms with Crippen molar-refractivity contribution in [2.24, 2.45) is 0 Å². The van der Waals surface area contributed by atoms with E-state index in [0.29, 0.717) is 17.9 Å². The molecule has 0 bridgehead atoms. The number of aromatic nitrogens is 2. The maximum Gasteiger partial charge on any atom is 0.258 e. The van der Waals surface area contributed by atoms with Crippen molar-refractivity contribution in [2.45, 2.75) is 44.4 Å². The second-order valence-electron chi connectivity index (χ2n) is 5.12. The Morgan fingerprint density at radius 2 is 2.14 bits per heavy atom. The van der Waals surface area contributed by atoms with E-state index in [4.69, 9.17) is 4.42 Å². The van der Waals surface area contributed by atoms with E-state index in [-0.39, 0.29) is 11.1 Å². The molecule has 2 aromatic heterocycles. The Morgan fingerprint density at radius 1 is 1.38 bits per heavy atom. The van der Waals surface area contributed by atoms with Crippen LogP contribution in [0.1, 0.15) is 38.1 Å². The molecular weight excluding hydrogens is 292 g/mol. The van der Waals surface area contributed by atoms with Gasteiger partial charge in [-0.25, -0.2) is 8.42 Å². The number of furan rings is 1. The predicted octanol–water partition coefficient (Wildman–Crippen LogP) is 1.54. The van der Waals surface area contributed by atoms with Gasteiger partial charge in [0.15, 0.2) is 5.03 Å². The third-order valence-corrected chi connectivity index (χ3v) is 4.50. The smallest absolute Gasteiger partial charge is 0.258 e. The summed E-state index contributed by atoms with van der Waals surface area (Å²) in [4.78, 5) is 0. The van der Waals surface area contributed by atoms with Crippen LogP contribution in [0.3, 0.4) is 0 Å². The topological polar surface area (TPSA) is 100 Å². The van der Waals surface area contributed by atoms with E-state index in [1.54, 1.807) is 19.1 Å². The van der Waals surface area contributed by atoms with Crippen LogP contribution in [0.5, 0.6) is 0 Å². The van der Waals surface area contributed by atoms with E-state index >= 15 is 0 Å². The van der Waals surface area contributed by atoms with Crippen molar-refractivity contribution >= 4 is 10.0 Å². The molecule has 1 atom stereocenters. The van der Waals surface area contributed by atoms with Crippen LogP contribution in [-0.4, -0.2) is 24.7 Å². The van der Waals surface area contributed by atoms with Crippen molar-refractivity contribution in [3.05, 3.63) is 35.9 Å². The van der Waals surface area contributed by atoms with Gasteiger partial charge >= 0.3 is 0 Å². The molecule has 0 aromatic carbocycles. The number of nitrogens with one attached hydrogen (secondary N) is 3. The Hall–Kier alpha value is -1.64. The zero-order chi connectivity index (χ0) is 15.5. The molecule has 7 nitrogen and oxygen atoms in total. The average Bonchev–Trinajstić information content (AvgIpc) is 3.07. The standard InChI is InChI=1S/C13H20N4O3S/c1-9(2)14-7-11-8-15-16-13(11)21(18,19)17-10(3)12-5-4-6-20-12/h4-6,8-10,14,17H,7H2,1-3H3,(H,15,16). The molecular formula is C13H20N4O3S. The Kier molecular flexibility index (Phi) is 4.81. The van der Waals surface area contributed by atoms with Crippen LogP contribution in [-0.2, 0) is 16.6 Å². The fourth-order valence-electron chi connectivity index (χ4n) is 1.86. The molecule has 0 aliphatic rings. The highest BCUT2D eigenvalue weighted by Gasteiger charge is 2.24. The first-order chi connectivity index (χ1) is 9.90. The van der Waals surface area contributed by atoms with Gasteiger partial charge in [-0.3, -0.25) is 5.10 Å². The van der Waals surface area contributed by atoms with Crippen molar-refractivity contribution in [1.29, 1.82) is 0 Å². The van der Waals surface area contributed by atoms with Crippen molar-refractivity contribution in [3.8, 4) is 0 Å². The van der Waals surface area contributed by atoms with Crippen LogP contribution in [0.2, 0.25) is 0 Å². The molecule has 0 saturated carbocycles. The molecule has 0 spiro atoms. The number of nitrogens with zero attached hydrogens (tertiary/aromatic N) is 1. The lowest BCUT2D eigenvalue weighted by Gasteiger charge is -2.13. The number of hydrogen-bond donors (Lipinski definition) is 3. The molecule has 2 heterocycles. The predicted molar refractivity (Wildman–Crippen MR) is 78.0 cm³/mol. The molecule has 3 N–H and O–H groups in total. The van der Waals surface area contributed by atoms with Crippen LogP contribution in [0, 0.1) is 0 Å². The molecule has 1 unspecified atom stereocenters. The minimum atomic E-state index is -3.69. The van der Waals surface area contributed by atoms with Crippen molar-refractivity contribution in [1.82, 2.24) is 20.2 Å². The van der Waals surface area contributed by atoms with Gasteiger partial charge in [0, 0.05) is 18.2 Å². The van der Waals surface area contributed by atoms with Gasteiger partial charge in [0.2, 0.25) is 0 Å². The van der Waals surface area contributed by atoms with Gasteiger partial charge < -0.3 is 9.73 Å². The maximum absolute atomic E-state index is 12.4. The summed E-state index contributed by atoms with van der Waals surface area (Å²) in [6.07, 6.45) is 3.02.